The Morgan fingerprint density at radius 2 is 2.00 bits per heavy atom. The third-order valence-electron chi connectivity index (χ3n) is 7.01. The molecule has 5 rings (SSSR count). The molecule has 0 spiro atoms. The van der Waals surface area contributed by atoms with Gasteiger partial charge >= 0.3 is 0 Å². The number of nitrogens with zero attached hydrogens (tertiary/aromatic N) is 5. The largest absolute Gasteiger partial charge is 0.303 e. The standard InChI is InChI=1S/C28H32FN5O/c1-3-25-27-17-26(31-34(27)18-20(2)30-25)22-6-4-7-24-9-8-23(19-33(24)28(35)16-22)21-10-14-32(15-11-21)13-5-12-29/h4,6-9,16-19,21H,3,5,10-15H2,1-2H3/b6-4?,22-16?,24-7+. The molecule has 35 heavy (non-hydrogen) atoms. The molecule has 6 nitrogen and oxygen atoms in total. The number of aromatic nitrogens is 3. The van der Waals surface area contributed by atoms with Gasteiger partial charge in [-0.15, -0.1) is 0 Å². The highest BCUT2D eigenvalue weighted by Crippen LogP contribution is 2.31. The lowest BCUT2D eigenvalue weighted by Gasteiger charge is -2.34. The van der Waals surface area contributed by atoms with E-state index in [0.29, 0.717) is 12.3 Å². The van der Waals surface area contributed by atoms with Crippen molar-refractivity contribution in [3.63, 3.8) is 0 Å². The monoisotopic (exact) mass is 473 g/mol. The maximum absolute atomic E-state index is 13.4. The second-order valence-electron chi connectivity index (χ2n) is 9.42. The van der Waals surface area contributed by atoms with Gasteiger partial charge in [0.2, 0.25) is 0 Å². The molecule has 1 fully saturated rings. The highest BCUT2D eigenvalue weighted by Gasteiger charge is 2.25. The van der Waals surface area contributed by atoms with Gasteiger partial charge in [-0.2, -0.15) is 5.10 Å². The summed E-state index contributed by atoms with van der Waals surface area (Å²) >= 11 is 0. The predicted molar refractivity (Wildman–Crippen MR) is 136 cm³/mol. The molecule has 0 atom stereocenters. The minimum Gasteiger partial charge on any atom is -0.303 e. The number of aryl methyl sites for hydroxylation is 2. The van der Waals surface area contributed by atoms with Gasteiger partial charge in [0.05, 0.1) is 35.5 Å². The van der Waals surface area contributed by atoms with Gasteiger partial charge in [0, 0.05) is 30.1 Å². The highest BCUT2D eigenvalue weighted by atomic mass is 19.1. The van der Waals surface area contributed by atoms with Crippen LogP contribution in [0.1, 0.15) is 43.3 Å². The molecule has 0 aliphatic carbocycles. The predicted octanol–water partition coefficient (Wildman–Crippen LogP) is 4.79. The Kier molecular flexibility index (Phi) is 6.77. The molecule has 182 valence electrons. The molecule has 0 bridgehead atoms. The number of hydrogen-bond donors (Lipinski definition) is 0. The number of carbonyl (C=O) groups excluding carboxylic acids is 1. The second kappa shape index (κ2) is 10.1. The minimum atomic E-state index is -0.255. The second-order valence-corrected chi connectivity index (χ2v) is 9.42. The molecular weight excluding hydrogens is 441 g/mol. The first-order chi connectivity index (χ1) is 17.1. The smallest absolute Gasteiger partial charge is 0.255 e. The topological polar surface area (TPSA) is 53.7 Å². The third-order valence-corrected chi connectivity index (χ3v) is 7.01. The van der Waals surface area contributed by atoms with E-state index in [2.05, 4.69) is 22.9 Å². The molecule has 3 aliphatic heterocycles. The van der Waals surface area contributed by atoms with Crippen LogP contribution >= 0.6 is 0 Å². The number of halogens is 1. The number of hydrogen-bond acceptors (Lipinski definition) is 4. The summed E-state index contributed by atoms with van der Waals surface area (Å²) in [5.74, 6) is 0.327. The fourth-order valence-corrected chi connectivity index (χ4v) is 5.12. The Labute approximate surface area is 205 Å². The number of allylic oxidation sites excluding steroid dienone is 7. The lowest BCUT2D eigenvalue weighted by molar-refractivity contribution is -0.122. The van der Waals surface area contributed by atoms with Crippen LogP contribution in [0.15, 0.2) is 66.2 Å². The summed E-state index contributed by atoms with van der Waals surface area (Å²) in [5.41, 5.74) is 6.45. The van der Waals surface area contributed by atoms with Crippen LogP contribution in [0.3, 0.4) is 0 Å². The zero-order valence-corrected chi connectivity index (χ0v) is 20.5. The van der Waals surface area contributed by atoms with E-state index in [1.54, 1.807) is 11.0 Å². The summed E-state index contributed by atoms with van der Waals surface area (Å²) in [7, 11) is 0. The van der Waals surface area contributed by atoms with Gasteiger partial charge < -0.3 is 4.90 Å². The van der Waals surface area contributed by atoms with Gasteiger partial charge in [-0.1, -0.05) is 25.2 Å². The summed E-state index contributed by atoms with van der Waals surface area (Å²) < 4.78 is 14.4. The van der Waals surface area contributed by atoms with Crippen molar-refractivity contribution in [3.05, 3.63) is 83.3 Å². The first-order valence-electron chi connectivity index (χ1n) is 12.5. The molecule has 1 amide bonds. The van der Waals surface area contributed by atoms with Crippen molar-refractivity contribution in [1.82, 2.24) is 24.4 Å². The molecule has 0 aromatic carbocycles. The average Bonchev–Trinajstić information content (AvgIpc) is 3.29. The fourth-order valence-electron chi connectivity index (χ4n) is 5.12. The van der Waals surface area contributed by atoms with Crippen molar-refractivity contribution in [1.29, 1.82) is 0 Å². The first kappa shape index (κ1) is 23.4. The highest BCUT2D eigenvalue weighted by molar-refractivity contribution is 5.99. The summed E-state index contributed by atoms with van der Waals surface area (Å²) in [5, 5.41) is 4.74. The lowest BCUT2D eigenvalue weighted by Crippen LogP contribution is -2.36. The Bertz CT molecular complexity index is 1270. The first-order valence-corrected chi connectivity index (χ1v) is 12.5. The van der Waals surface area contributed by atoms with Crippen LogP contribution in [0.5, 0.6) is 0 Å². The molecule has 2 aromatic heterocycles. The minimum absolute atomic E-state index is 0.0834. The van der Waals surface area contributed by atoms with Crippen molar-refractivity contribution in [2.45, 2.75) is 39.5 Å². The van der Waals surface area contributed by atoms with E-state index in [4.69, 9.17) is 5.10 Å². The van der Waals surface area contributed by atoms with E-state index < -0.39 is 0 Å². The van der Waals surface area contributed by atoms with Gasteiger partial charge in [-0.05, 0) is 75.4 Å². The lowest BCUT2D eigenvalue weighted by atomic mass is 9.88. The Morgan fingerprint density at radius 3 is 2.77 bits per heavy atom. The van der Waals surface area contributed by atoms with Crippen LogP contribution in [-0.2, 0) is 11.2 Å². The molecule has 0 radical (unpaired) electrons. The van der Waals surface area contributed by atoms with E-state index in [1.165, 1.54) is 5.57 Å². The summed E-state index contributed by atoms with van der Waals surface area (Å²) in [4.78, 5) is 22.1. The summed E-state index contributed by atoms with van der Waals surface area (Å²) in [6.45, 7) is 6.57. The van der Waals surface area contributed by atoms with Crippen molar-refractivity contribution in [3.8, 4) is 0 Å². The molecule has 5 heterocycles. The van der Waals surface area contributed by atoms with E-state index in [1.807, 2.05) is 54.2 Å². The Morgan fingerprint density at radius 1 is 1.17 bits per heavy atom. The maximum atomic E-state index is 13.4. The zero-order valence-electron chi connectivity index (χ0n) is 20.5. The van der Waals surface area contributed by atoms with E-state index >= 15 is 0 Å². The van der Waals surface area contributed by atoms with Crippen LogP contribution in [0.2, 0.25) is 0 Å². The molecule has 0 unspecified atom stereocenters. The average molecular weight is 474 g/mol. The van der Waals surface area contributed by atoms with E-state index in [-0.39, 0.29) is 12.6 Å². The van der Waals surface area contributed by atoms with Crippen LogP contribution < -0.4 is 0 Å². The maximum Gasteiger partial charge on any atom is 0.255 e. The van der Waals surface area contributed by atoms with Gasteiger partial charge in [0.15, 0.2) is 0 Å². The Balaban J connectivity index is 1.38. The van der Waals surface area contributed by atoms with E-state index in [0.717, 1.165) is 72.8 Å². The van der Waals surface area contributed by atoms with Crippen LogP contribution in [0.4, 0.5) is 4.39 Å². The molecule has 3 aliphatic rings. The molecule has 0 N–H and O–H groups in total. The molecule has 2 aromatic rings. The number of rotatable bonds is 6. The molecule has 1 saturated heterocycles. The van der Waals surface area contributed by atoms with Crippen LogP contribution in [-0.4, -0.2) is 56.6 Å². The number of alkyl halides is 1. The third kappa shape index (κ3) is 4.91. The number of carbonyl (C=O) groups is 1. The van der Waals surface area contributed by atoms with Gasteiger partial charge in [-0.3, -0.25) is 19.1 Å². The SMILES string of the molecule is CCc1nc(C)cn2nc(C3=CC(=O)N4C=C(C5CCN(CCCF)CC5)C=C/C4=C\C=C3)cc12. The van der Waals surface area contributed by atoms with Crippen molar-refractivity contribution in [2.75, 3.05) is 26.3 Å². The zero-order chi connectivity index (χ0) is 24.4. The van der Waals surface area contributed by atoms with Crippen molar-refractivity contribution in [2.24, 2.45) is 5.92 Å². The normalized spacial score (nSPS) is 20.8. The van der Waals surface area contributed by atoms with Crippen molar-refractivity contribution < 1.29 is 9.18 Å². The summed E-state index contributed by atoms with van der Waals surface area (Å²) in [6, 6.07) is 2.01. The van der Waals surface area contributed by atoms with E-state index in [9.17, 15) is 9.18 Å². The summed E-state index contributed by atoms with van der Waals surface area (Å²) in [6.07, 6.45) is 19.1. The number of likely N-dealkylation sites (tertiary alicyclic amines) is 1. The molecular formula is C28H32FN5O. The number of piperidine rings is 1. The van der Waals surface area contributed by atoms with Gasteiger partial charge in [0.25, 0.3) is 5.91 Å². The van der Waals surface area contributed by atoms with Gasteiger partial charge in [-0.25, -0.2) is 4.52 Å². The molecule has 0 saturated carbocycles. The van der Waals surface area contributed by atoms with Gasteiger partial charge in [0.1, 0.15) is 0 Å². The Hall–Kier alpha value is -3.32. The van der Waals surface area contributed by atoms with Crippen LogP contribution in [0, 0.1) is 12.8 Å². The van der Waals surface area contributed by atoms with Crippen molar-refractivity contribution >= 4 is 17.0 Å². The fraction of sp³-hybridized carbons (Fsp3) is 0.393. The quantitative estimate of drug-likeness (QED) is 0.605. The molecule has 7 heteroatoms. The number of amides is 1. The van der Waals surface area contributed by atoms with Crippen LogP contribution in [0.25, 0.3) is 11.1 Å². The number of fused-ring (bicyclic) bond motifs is 2.